The van der Waals surface area contributed by atoms with Gasteiger partial charge in [0.15, 0.2) is 5.69 Å². The third kappa shape index (κ3) is 3.00. The number of hydrogen-bond acceptors (Lipinski definition) is 2. The van der Waals surface area contributed by atoms with Gasteiger partial charge in [0.05, 0.1) is 0 Å². The lowest BCUT2D eigenvalue weighted by Crippen LogP contribution is -2.31. The zero-order valence-corrected chi connectivity index (χ0v) is 9.72. The maximum absolute atomic E-state index is 12.5. The van der Waals surface area contributed by atoms with Gasteiger partial charge >= 0.3 is 6.18 Å². The molecule has 1 N–H and O–H groups in total. The first-order valence-corrected chi connectivity index (χ1v) is 5.77. The normalized spacial score (nSPS) is 21.8. The molecule has 1 aliphatic heterocycles. The molecule has 1 unspecified atom stereocenters. The van der Waals surface area contributed by atoms with Crippen molar-refractivity contribution < 1.29 is 13.2 Å². The molecule has 0 aromatic carbocycles. The fraction of sp³-hybridized carbons (Fsp3) is 0.727. The van der Waals surface area contributed by atoms with Gasteiger partial charge in [-0.25, -0.2) is 0 Å². The number of hydrogen-bond donors (Lipinski definition) is 1. The van der Waals surface area contributed by atoms with Crippen molar-refractivity contribution in [2.24, 2.45) is 13.0 Å². The van der Waals surface area contributed by atoms with Crippen molar-refractivity contribution in [1.29, 1.82) is 0 Å². The van der Waals surface area contributed by atoms with Gasteiger partial charge in [0.25, 0.3) is 0 Å². The molecule has 1 aromatic rings. The fourth-order valence-electron chi connectivity index (χ4n) is 2.23. The molecule has 0 spiro atoms. The highest BCUT2D eigenvalue weighted by atomic mass is 19.4. The van der Waals surface area contributed by atoms with E-state index >= 15 is 0 Å². The van der Waals surface area contributed by atoms with Crippen LogP contribution in [-0.2, 0) is 19.6 Å². The molecule has 0 amide bonds. The van der Waals surface area contributed by atoms with Crippen LogP contribution in [0.25, 0.3) is 0 Å². The number of halogens is 3. The summed E-state index contributed by atoms with van der Waals surface area (Å²) in [6, 6.07) is 1.16. The number of aromatic nitrogens is 2. The second kappa shape index (κ2) is 4.68. The molecule has 2 heterocycles. The third-order valence-corrected chi connectivity index (χ3v) is 3.16. The van der Waals surface area contributed by atoms with Gasteiger partial charge in [0, 0.05) is 12.7 Å². The Morgan fingerprint density at radius 3 is 2.82 bits per heavy atom. The largest absolute Gasteiger partial charge is 0.435 e. The monoisotopic (exact) mass is 247 g/mol. The lowest BCUT2D eigenvalue weighted by molar-refractivity contribution is -0.141. The first-order valence-electron chi connectivity index (χ1n) is 5.77. The number of rotatable bonds is 2. The van der Waals surface area contributed by atoms with E-state index in [0.29, 0.717) is 18.0 Å². The molecule has 0 saturated carbocycles. The molecule has 0 radical (unpaired) electrons. The van der Waals surface area contributed by atoms with Crippen LogP contribution in [0.2, 0.25) is 0 Å². The van der Waals surface area contributed by atoms with E-state index in [4.69, 9.17) is 0 Å². The first-order chi connectivity index (χ1) is 7.97. The number of alkyl halides is 3. The minimum absolute atomic E-state index is 0.417. The average Bonchev–Trinajstić information content (AvgIpc) is 2.62. The van der Waals surface area contributed by atoms with Gasteiger partial charge in [-0.1, -0.05) is 0 Å². The highest BCUT2D eigenvalue weighted by molar-refractivity contribution is 5.13. The summed E-state index contributed by atoms with van der Waals surface area (Å²) < 4.78 is 38.8. The topological polar surface area (TPSA) is 29.9 Å². The number of piperidine rings is 1. The second-order valence-corrected chi connectivity index (χ2v) is 4.56. The Balaban J connectivity index is 2.07. The Morgan fingerprint density at radius 2 is 2.29 bits per heavy atom. The first kappa shape index (κ1) is 12.4. The van der Waals surface area contributed by atoms with Crippen molar-refractivity contribution in [3.05, 3.63) is 17.5 Å². The summed E-state index contributed by atoms with van der Waals surface area (Å²) in [5.41, 5.74) is -0.134. The van der Waals surface area contributed by atoms with E-state index in [-0.39, 0.29) is 0 Å². The van der Waals surface area contributed by atoms with Gasteiger partial charge in [0.2, 0.25) is 0 Å². The maximum atomic E-state index is 12.5. The van der Waals surface area contributed by atoms with Crippen molar-refractivity contribution in [2.45, 2.75) is 25.4 Å². The Hall–Kier alpha value is -1.04. The standard InChI is InChI=1S/C11H16F3N3/c1-17-9(5-8-3-2-4-15-7-8)6-10(16-17)11(12,13)14/h6,8,15H,2-5,7H2,1H3. The molecule has 0 bridgehead atoms. The summed E-state index contributed by atoms with van der Waals surface area (Å²) in [7, 11) is 1.57. The Morgan fingerprint density at radius 1 is 1.53 bits per heavy atom. The molecule has 6 heteroatoms. The number of aryl methyl sites for hydroxylation is 1. The SMILES string of the molecule is Cn1nc(C(F)(F)F)cc1CC1CCCNC1. The van der Waals surface area contributed by atoms with E-state index < -0.39 is 11.9 Å². The van der Waals surface area contributed by atoms with Gasteiger partial charge in [-0.3, -0.25) is 4.68 Å². The summed E-state index contributed by atoms with van der Waals surface area (Å²) in [4.78, 5) is 0. The molecule has 17 heavy (non-hydrogen) atoms. The van der Waals surface area contributed by atoms with Crippen LogP contribution in [-0.4, -0.2) is 22.9 Å². The van der Waals surface area contributed by atoms with Crippen LogP contribution >= 0.6 is 0 Å². The molecule has 0 aliphatic carbocycles. The van der Waals surface area contributed by atoms with Gasteiger partial charge in [0.1, 0.15) is 0 Å². The van der Waals surface area contributed by atoms with Crippen molar-refractivity contribution >= 4 is 0 Å². The lowest BCUT2D eigenvalue weighted by atomic mass is 9.94. The predicted octanol–water partition coefficient (Wildman–Crippen LogP) is 1.98. The molecule has 3 nitrogen and oxygen atoms in total. The van der Waals surface area contributed by atoms with Crippen LogP contribution in [0.4, 0.5) is 13.2 Å². The second-order valence-electron chi connectivity index (χ2n) is 4.56. The van der Waals surface area contributed by atoms with Crippen molar-refractivity contribution in [3.8, 4) is 0 Å². The lowest BCUT2D eigenvalue weighted by Gasteiger charge is -2.22. The quantitative estimate of drug-likeness (QED) is 0.866. The molecular formula is C11H16F3N3. The maximum Gasteiger partial charge on any atom is 0.435 e. The fourth-order valence-corrected chi connectivity index (χ4v) is 2.23. The van der Waals surface area contributed by atoms with Crippen LogP contribution in [0.3, 0.4) is 0 Å². The van der Waals surface area contributed by atoms with Crippen LogP contribution in [0.15, 0.2) is 6.07 Å². The van der Waals surface area contributed by atoms with Gasteiger partial charge in [-0.05, 0) is 44.3 Å². The Kier molecular flexibility index (Phi) is 3.42. The highest BCUT2D eigenvalue weighted by Crippen LogP contribution is 2.29. The number of nitrogens with one attached hydrogen (secondary N) is 1. The molecule has 1 aromatic heterocycles. The zero-order chi connectivity index (χ0) is 12.5. The van der Waals surface area contributed by atoms with E-state index in [1.165, 1.54) is 4.68 Å². The minimum Gasteiger partial charge on any atom is -0.316 e. The molecule has 1 aliphatic rings. The van der Waals surface area contributed by atoms with E-state index in [1.807, 2.05) is 0 Å². The van der Waals surface area contributed by atoms with Gasteiger partial charge in [-0.15, -0.1) is 0 Å². The van der Waals surface area contributed by atoms with E-state index in [0.717, 1.165) is 32.0 Å². The van der Waals surface area contributed by atoms with Crippen molar-refractivity contribution in [1.82, 2.24) is 15.1 Å². The predicted molar refractivity (Wildman–Crippen MR) is 57.5 cm³/mol. The van der Waals surface area contributed by atoms with Crippen LogP contribution in [0.1, 0.15) is 24.2 Å². The average molecular weight is 247 g/mol. The molecule has 1 saturated heterocycles. The summed E-state index contributed by atoms with van der Waals surface area (Å²) in [6.07, 6.45) is -1.53. The molecule has 1 atom stereocenters. The van der Waals surface area contributed by atoms with Crippen LogP contribution < -0.4 is 5.32 Å². The van der Waals surface area contributed by atoms with Crippen molar-refractivity contribution in [2.75, 3.05) is 13.1 Å². The third-order valence-electron chi connectivity index (χ3n) is 3.16. The van der Waals surface area contributed by atoms with E-state index in [9.17, 15) is 13.2 Å². The van der Waals surface area contributed by atoms with Crippen LogP contribution in [0.5, 0.6) is 0 Å². The Labute approximate surface area is 98.0 Å². The van der Waals surface area contributed by atoms with Gasteiger partial charge in [-0.2, -0.15) is 18.3 Å². The Bertz CT molecular complexity index is 378. The summed E-state index contributed by atoms with van der Waals surface area (Å²) >= 11 is 0. The summed E-state index contributed by atoms with van der Waals surface area (Å²) in [5, 5.41) is 6.78. The van der Waals surface area contributed by atoms with E-state index in [1.54, 1.807) is 7.05 Å². The zero-order valence-electron chi connectivity index (χ0n) is 9.72. The number of nitrogens with zero attached hydrogens (tertiary/aromatic N) is 2. The molecule has 1 fully saturated rings. The molecule has 2 rings (SSSR count). The smallest absolute Gasteiger partial charge is 0.316 e. The van der Waals surface area contributed by atoms with Crippen LogP contribution in [0, 0.1) is 5.92 Å². The minimum atomic E-state index is -4.35. The van der Waals surface area contributed by atoms with E-state index in [2.05, 4.69) is 10.4 Å². The highest BCUT2D eigenvalue weighted by Gasteiger charge is 2.34. The molecule has 96 valence electrons. The van der Waals surface area contributed by atoms with Crippen molar-refractivity contribution in [3.63, 3.8) is 0 Å². The summed E-state index contributed by atoms with van der Waals surface area (Å²) in [5.74, 6) is 0.417. The molecular weight excluding hydrogens is 231 g/mol. The summed E-state index contributed by atoms with van der Waals surface area (Å²) in [6.45, 7) is 1.89. The van der Waals surface area contributed by atoms with Gasteiger partial charge < -0.3 is 5.32 Å².